The highest BCUT2D eigenvalue weighted by molar-refractivity contribution is 6.33. The average Bonchev–Trinajstić information content (AvgIpc) is 3.30. The van der Waals surface area contributed by atoms with Crippen molar-refractivity contribution < 1.29 is 14.3 Å². The van der Waals surface area contributed by atoms with Gasteiger partial charge in [-0.3, -0.25) is 4.79 Å². The maximum atomic E-state index is 12.3. The van der Waals surface area contributed by atoms with Gasteiger partial charge in [-0.1, -0.05) is 23.7 Å². The van der Waals surface area contributed by atoms with Gasteiger partial charge in [-0.15, -0.1) is 0 Å². The molecule has 1 aromatic heterocycles. The van der Waals surface area contributed by atoms with E-state index in [4.69, 9.17) is 21.1 Å². The van der Waals surface area contributed by atoms with E-state index in [-0.39, 0.29) is 5.91 Å². The monoisotopic (exact) mass is 415 g/mol. The molecule has 0 saturated carbocycles. The van der Waals surface area contributed by atoms with Gasteiger partial charge in [-0.05, 0) is 55.4 Å². The van der Waals surface area contributed by atoms with E-state index in [0.29, 0.717) is 23.4 Å². The zero-order chi connectivity index (χ0) is 20.1. The third-order valence-electron chi connectivity index (χ3n) is 5.44. The Morgan fingerprint density at radius 1 is 1.17 bits per heavy atom. The Hall–Kier alpha value is -2.15. The molecule has 4 rings (SSSR count). The standard InChI is InChI=1S/C22H26ClN3O3/c23-19-14-25-21(26-22(27)20-5-2-8-29-20)12-18(19)16-3-1-4-17(11-16)24-13-15-6-9-28-10-7-15/h1,3-4,11-12,14-15,20,24H,2,5-10,13H2,(H,25,26,27)/t20-/m1/s1. The molecule has 0 bridgehead atoms. The summed E-state index contributed by atoms with van der Waals surface area (Å²) in [7, 11) is 0. The van der Waals surface area contributed by atoms with Crippen LogP contribution in [0.15, 0.2) is 36.5 Å². The van der Waals surface area contributed by atoms with Crippen LogP contribution in [-0.2, 0) is 14.3 Å². The minimum absolute atomic E-state index is 0.157. The van der Waals surface area contributed by atoms with Crippen LogP contribution in [0.5, 0.6) is 0 Å². The number of hydrogen-bond acceptors (Lipinski definition) is 5. The number of ether oxygens (including phenoxy) is 2. The van der Waals surface area contributed by atoms with Gasteiger partial charge in [-0.25, -0.2) is 4.98 Å². The lowest BCUT2D eigenvalue weighted by molar-refractivity contribution is -0.124. The van der Waals surface area contributed by atoms with Crippen molar-refractivity contribution in [2.45, 2.75) is 31.8 Å². The summed E-state index contributed by atoms with van der Waals surface area (Å²) in [6.07, 6.45) is 5.02. The molecule has 2 fully saturated rings. The van der Waals surface area contributed by atoms with E-state index in [1.54, 1.807) is 6.20 Å². The molecule has 0 spiro atoms. The van der Waals surface area contributed by atoms with Crippen LogP contribution in [0, 0.1) is 5.92 Å². The molecule has 2 aromatic rings. The van der Waals surface area contributed by atoms with E-state index in [1.165, 1.54) is 0 Å². The minimum atomic E-state index is -0.395. The molecule has 3 heterocycles. The second kappa shape index (κ2) is 9.57. The number of pyridine rings is 1. The summed E-state index contributed by atoms with van der Waals surface area (Å²) in [6.45, 7) is 3.25. The number of carbonyl (C=O) groups is 1. The molecular formula is C22H26ClN3O3. The fraction of sp³-hybridized carbons (Fsp3) is 0.455. The summed E-state index contributed by atoms with van der Waals surface area (Å²) in [5.74, 6) is 0.956. The highest BCUT2D eigenvalue weighted by atomic mass is 35.5. The van der Waals surface area contributed by atoms with Crippen molar-refractivity contribution in [1.82, 2.24) is 4.98 Å². The fourth-order valence-electron chi connectivity index (χ4n) is 3.73. The van der Waals surface area contributed by atoms with Crippen molar-refractivity contribution >= 4 is 29.0 Å². The number of nitrogens with one attached hydrogen (secondary N) is 2. The van der Waals surface area contributed by atoms with E-state index in [9.17, 15) is 4.79 Å². The lowest BCUT2D eigenvalue weighted by atomic mass is 10.00. The predicted octanol–water partition coefficient (Wildman–Crippen LogP) is 4.36. The lowest BCUT2D eigenvalue weighted by Gasteiger charge is -2.22. The number of nitrogens with zero attached hydrogens (tertiary/aromatic N) is 1. The number of halogens is 1. The highest BCUT2D eigenvalue weighted by Crippen LogP contribution is 2.31. The second-order valence-corrected chi connectivity index (χ2v) is 7.96. The first kappa shape index (κ1) is 20.1. The normalized spacial score (nSPS) is 19.8. The van der Waals surface area contributed by atoms with Gasteiger partial charge in [0.15, 0.2) is 0 Å². The number of hydrogen-bond donors (Lipinski definition) is 2. The molecule has 0 unspecified atom stereocenters. The maximum Gasteiger partial charge on any atom is 0.254 e. The highest BCUT2D eigenvalue weighted by Gasteiger charge is 2.24. The Labute approximate surface area is 176 Å². The molecule has 2 N–H and O–H groups in total. The van der Waals surface area contributed by atoms with Crippen molar-refractivity contribution in [3.63, 3.8) is 0 Å². The van der Waals surface area contributed by atoms with Crippen LogP contribution >= 0.6 is 11.6 Å². The lowest BCUT2D eigenvalue weighted by Crippen LogP contribution is -2.27. The van der Waals surface area contributed by atoms with Crippen LogP contribution in [-0.4, -0.2) is 43.4 Å². The van der Waals surface area contributed by atoms with Crippen LogP contribution in [0.3, 0.4) is 0 Å². The van der Waals surface area contributed by atoms with Gasteiger partial charge in [-0.2, -0.15) is 0 Å². The van der Waals surface area contributed by atoms with E-state index in [1.807, 2.05) is 18.2 Å². The Kier molecular flexibility index (Phi) is 6.64. The van der Waals surface area contributed by atoms with E-state index >= 15 is 0 Å². The van der Waals surface area contributed by atoms with Gasteiger partial charge in [0.1, 0.15) is 11.9 Å². The van der Waals surface area contributed by atoms with Crippen molar-refractivity contribution in [1.29, 1.82) is 0 Å². The number of rotatable bonds is 6. The Balaban J connectivity index is 1.46. The number of anilines is 2. The topological polar surface area (TPSA) is 72.5 Å². The third-order valence-corrected chi connectivity index (χ3v) is 5.74. The first-order valence-electron chi connectivity index (χ1n) is 10.2. The number of benzene rings is 1. The molecule has 7 heteroatoms. The summed E-state index contributed by atoms with van der Waals surface area (Å²) in [6, 6.07) is 9.95. The maximum absolute atomic E-state index is 12.3. The molecule has 154 valence electrons. The number of amides is 1. The SMILES string of the molecule is O=C(Nc1cc(-c2cccc(NCC3CCOCC3)c2)c(Cl)cn1)[C@H]1CCCO1. The summed E-state index contributed by atoms with van der Waals surface area (Å²) in [5, 5.41) is 6.91. The second-order valence-electron chi connectivity index (χ2n) is 7.56. The van der Waals surface area contributed by atoms with E-state index in [2.05, 4.69) is 27.8 Å². The van der Waals surface area contributed by atoms with Crippen LogP contribution in [0.25, 0.3) is 11.1 Å². The minimum Gasteiger partial charge on any atom is -0.385 e. The molecule has 2 aliphatic rings. The summed E-state index contributed by atoms with van der Waals surface area (Å²) >= 11 is 6.41. The zero-order valence-corrected chi connectivity index (χ0v) is 17.1. The molecule has 1 atom stereocenters. The van der Waals surface area contributed by atoms with Gasteiger partial charge < -0.3 is 20.1 Å². The van der Waals surface area contributed by atoms with Gasteiger partial charge in [0, 0.05) is 43.8 Å². The zero-order valence-electron chi connectivity index (χ0n) is 16.3. The molecule has 29 heavy (non-hydrogen) atoms. The Morgan fingerprint density at radius 3 is 2.83 bits per heavy atom. The predicted molar refractivity (Wildman–Crippen MR) is 114 cm³/mol. The van der Waals surface area contributed by atoms with Crippen molar-refractivity contribution in [2.24, 2.45) is 5.92 Å². The molecular weight excluding hydrogens is 390 g/mol. The molecule has 1 aromatic carbocycles. The van der Waals surface area contributed by atoms with Crippen LogP contribution in [0.2, 0.25) is 5.02 Å². The summed E-state index contributed by atoms with van der Waals surface area (Å²) in [4.78, 5) is 16.6. The first-order valence-corrected chi connectivity index (χ1v) is 10.6. The third kappa shape index (κ3) is 5.26. The number of carbonyl (C=O) groups excluding carboxylic acids is 1. The summed E-state index contributed by atoms with van der Waals surface area (Å²) < 4.78 is 10.9. The fourth-order valence-corrected chi connectivity index (χ4v) is 3.94. The van der Waals surface area contributed by atoms with Crippen LogP contribution < -0.4 is 10.6 Å². The molecule has 0 aliphatic carbocycles. The van der Waals surface area contributed by atoms with Crippen molar-refractivity contribution in [3.8, 4) is 11.1 Å². The molecule has 6 nitrogen and oxygen atoms in total. The van der Waals surface area contributed by atoms with Gasteiger partial charge in [0.2, 0.25) is 0 Å². The van der Waals surface area contributed by atoms with Gasteiger partial charge >= 0.3 is 0 Å². The molecule has 1 amide bonds. The number of aromatic nitrogens is 1. The van der Waals surface area contributed by atoms with E-state index in [0.717, 1.165) is 62.3 Å². The smallest absolute Gasteiger partial charge is 0.254 e. The quantitative estimate of drug-likeness (QED) is 0.733. The van der Waals surface area contributed by atoms with Crippen molar-refractivity contribution in [3.05, 3.63) is 41.6 Å². The first-order chi connectivity index (χ1) is 14.2. The van der Waals surface area contributed by atoms with Crippen molar-refractivity contribution in [2.75, 3.05) is 37.0 Å². The Bertz CT molecular complexity index is 849. The molecule has 2 aliphatic heterocycles. The largest absolute Gasteiger partial charge is 0.385 e. The van der Waals surface area contributed by atoms with Crippen LogP contribution in [0.4, 0.5) is 11.5 Å². The van der Waals surface area contributed by atoms with Crippen LogP contribution in [0.1, 0.15) is 25.7 Å². The van der Waals surface area contributed by atoms with Gasteiger partial charge in [0.05, 0.1) is 5.02 Å². The summed E-state index contributed by atoms with van der Waals surface area (Å²) in [5.41, 5.74) is 2.85. The van der Waals surface area contributed by atoms with Gasteiger partial charge in [0.25, 0.3) is 5.91 Å². The molecule has 2 saturated heterocycles. The Morgan fingerprint density at radius 2 is 2.03 bits per heavy atom. The van der Waals surface area contributed by atoms with E-state index < -0.39 is 6.10 Å². The average molecular weight is 416 g/mol. The molecule has 0 radical (unpaired) electrons.